The highest BCUT2D eigenvalue weighted by molar-refractivity contribution is 7.89. The van der Waals surface area contributed by atoms with E-state index in [-0.39, 0.29) is 29.9 Å². The quantitative estimate of drug-likeness (QED) is 0.652. The molecule has 1 saturated heterocycles. The standard InChI is InChI=1S/C19H21N5O3S2/c1-10-5-4-6-14(7-10)29(26,27)24-8-13(9-24)21-18(25)17-16(20)15-11(2)12(3)22-23-19(15)28-17/h4-7,13H,8-9,20H2,1-3H3,(H,21,25). The van der Waals surface area contributed by atoms with Crippen molar-refractivity contribution in [1.29, 1.82) is 0 Å². The fourth-order valence-corrected chi connectivity index (χ4v) is 5.95. The number of aryl methyl sites for hydroxylation is 3. The summed E-state index contributed by atoms with van der Waals surface area (Å²) < 4.78 is 26.7. The van der Waals surface area contributed by atoms with E-state index in [1.807, 2.05) is 26.8 Å². The average molecular weight is 432 g/mol. The number of carbonyl (C=O) groups excluding carboxylic acids is 1. The molecule has 152 valence electrons. The van der Waals surface area contributed by atoms with Crippen molar-refractivity contribution in [2.24, 2.45) is 0 Å². The maximum Gasteiger partial charge on any atom is 0.263 e. The number of rotatable bonds is 4. The highest BCUT2D eigenvalue weighted by atomic mass is 32.2. The summed E-state index contributed by atoms with van der Waals surface area (Å²) >= 11 is 1.19. The molecule has 0 bridgehead atoms. The van der Waals surface area contributed by atoms with Gasteiger partial charge in [-0.05, 0) is 44.0 Å². The number of amides is 1. The lowest BCUT2D eigenvalue weighted by Gasteiger charge is -2.38. The molecule has 29 heavy (non-hydrogen) atoms. The lowest BCUT2D eigenvalue weighted by Crippen LogP contribution is -2.60. The number of carbonyl (C=O) groups is 1. The highest BCUT2D eigenvalue weighted by Gasteiger charge is 2.38. The summed E-state index contributed by atoms with van der Waals surface area (Å²) in [5, 5.41) is 11.8. The third-order valence-electron chi connectivity index (χ3n) is 5.15. The number of thiophene rings is 1. The Balaban J connectivity index is 1.47. The van der Waals surface area contributed by atoms with Crippen LogP contribution in [0, 0.1) is 20.8 Å². The Morgan fingerprint density at radius 3 is 2.66 bits per heavy atom. The van der Waals surface area contributed by atoms with Gasteiger partial charge in [0.15, 0.2) is 0 Å². The van der Waals surface area contributed by atoms with E-state index in [0.717, 1.165) is 22.2 Å². The van der Waals surface area contributed by atoms with Crippen molar-refractivity contribution in [2.45, 2.75) is 31.7 Å². The summed E-state index contributed by atoms with van der Waals surface area (Å²) in [4.78, 5) is 14.0. The largest absolute Gasteiger partial charge is 0.397 e. The summed E-state index contributed by atoms with van der Waals surface area (Å²) in [7, 11) is -3.56. The van der Waals surface area contributed by atoms with Crippen molar-refractivity contribution in [3.05, 3.63) is 46.0 Å². The lowest BCUT2D eigenvalue weighted by atomic mass is 10.1. The van der Waals surface area contributed by atoms with Crippen LogP contribution in [-0.2, 0) is 10.0 Å². The van der Waals surface area contributed by atoms with E-state index in [4.69, 9.17) is 5.73 Å². The molecule has 1 aliphatic heterocycles. The van der Waals surface area contributed by atoms with Gasteiger partial charge in [0.1, 0.15) is 9.71 Å². The van der Waals surface area contributed by atoms with E-state index in [0.29, 0.717) is 15.4 Å². The smallest absolute Gasteiger partial charge is 0.263 e. The summed E-state index contributed by atoms with van der Waals surface area (Å²) in [6.07, 6.45) is 0. The molecule has 3 aromatic rings. The summed E-state index contributed by atoms with van der Waals surface area (Å²) in [5.41, 5.74) is 9.15. The normalized spacial score (nSPS) is 15.4. The molecule has 0 saturated carbocycles. The molecule has 2 aromatic heterocycles. The van der Waals surface area contributed by atoms with Crippen LogP contribution in [0.5, 0.6) is 0 Å². The SMILES string of the molecule is Cc1cccc(S(=O)(=O)N2CC(NC(=O)c3sc4nnc(C)c(C)c4c3N)C2)c1. The Bertz CT molecular complexity index is 1230. The number of nitrogens with one attached hydrogen (secondary N) is 1. The number of benzene rings is 1. The molecule has 0 spiro atoms. The van der Waals surface area contributed by atoms with Gasteiger partial charge in [0, 0.05) is 18.5 Å². The summed E-state index contributed by atoms with van der Waals surface area (Å²) in [6.45, 7) is 6.05. The number of hydrogen-bond acceptors (Lipinski definition) is 7. The van der Waals surface area contributed by atoms with Crippen molar-refractivity contribution in [1.82, 2.24) is 19.8 Å². The predicted molar refractivity (Wildman–Crippen MR) is 112 cm³/mol. The van der Waals surface area contributed by atoms with Crippen molar-refractivity contribution in [2.75, 3.05) is 18.8 Å². The number of nitrogen functional groups attached to an aromatic ring is 1. The molecular formula is C19H21N5O3S2. The molecule has 3 N–H and O–H groups in total. The number of sulfonamides is 1. The summed E-state index contributed by atoms with van der Waals surface area (Å²) in [6, 6.07) is 6.53. The number of nitrogens with two attached hydrogens (primary N) is 1. The molecule has 3 heterocycles. The molecule has 0 aliphatic carbocycles. The van der Waals surface area contributed by atoms with Crippen LogP contribution in [0.4, 0.5) is 5.69 Å². The van der Waals surface area contributed by atoms with E-state index >= 15 is 0 Å². The van der Waals surface area contributed by atoms with Crippen molar-refractivity contribution in [3.63, 3.8) is 0 Å². The van der Waals surface area contributed by atoms with Gasteiger partial charge in [-0.25, -0.2) is 8.42 Å². The number of nitrogens with zero attached hydrogens (tertiary/aromatic N) is 3. The second-order valence-electron chi connectivity index (χ2n) is 7.24. The second kappa shape index (κ2) is 7.05. The Hall–Kier alpha value is -2.56. The first kappa shape index (κ1) is 19.7. The Morgan fingerprint density at radius 1 is 1.24 bits per heavy atom. The third-order valence-corrected chi connectivity index (χ3v) is 8.07. The first-order chi connectivity index (χ1) is 13.7. The number of fused-ring (bicyclic) bond motifs is 1. The maximum atomic E-state index is 12.7. The maximum absolute atomic E-state index is 12.7. The van der Waals surface area contributed by atoms with Crippen LogP contribution in [0.15, 0.2) is 29.2 Å². The van der Waals surface area contributed by atoms with Gasteiger partial charge in [0.05, 0.1) is 22.3 Å². The van der Waals surface area contributed by atoms with E-state index in [9.17, 15) is 13.2 Å². The van der Waals surface area contributed by atoms with Crippen molar-refractivity contribution in [3.8, 4) is 0 Å². The van der Waals surface area contributed by atoms with Crippen molar-refractivity contribution < 1.29 is 13.2 Å². The highest BCUT2D eigenvalue weighted by Crippen LogP contribution is 2.35. The van der Waals surface area contributed by atoms with Crippen molar-refractivity contribution >= 4 is 43.2 Å². The molecule has 4 rings (SSSR count). The van der Waals surface area contributed by atoms with Crippen LogP contribution in [0.25, 0.3) is 10.2 Å². The molecule has 8 nitrogen and oxygen atoms in total. The van der Waals surface area contributed by atoms with Gasteiger partial charge in [-0.3, -0.25) is 4.79 Å². The molecule has 1 amide bonds. The molecular weight excluding hydrogens is 410 g/mol. The Morgan fingerprint density at radius 2 is 1.97 bits per heavy atom. The minimum absolute atomic E-state index is 0.227. The van der Waals surface area contributed by atoms with Crippen LogP contribution in [0.3, 0.4) is 0 Å². The fourth-order valence-electron chi connectivity index (χ4n) is 3.31. The first-order valence-electron chi connectivity index (χ1n) is 9.08. The Kier molecular flexibility index (Phi) is 4.80. The molecule has 10 heteroatoms. The van der Waals surface area contributed by atoms with Gasteiger partial charge in [-0.2, -0.15) is 9.40 Å². The van der Waals surface area contributed by atoms with Crippen LogP contribution < -0.4 is 11.1 Å². The van der Waals surface area contributed by atoms with Gasteiger partial charge >= 0.3 is 0 Å². The number of hydrogen-bond donors (Lipinski definition) is 2. The second-order valence-corrected chi connectivity index (χ2v) is 10.2. The molecule has 1 aromatic carbocycles. The van der Waals surface area contributed by atoms with E-state index in [2.05, 4.69) is 15.5 Å². The first-order valence-corrected chi connectivity index (χ1v) is 11.3. The third kappa shape index (κ3) is 3.37. The van der Waals surface area contributed by atoms with Crippen LogP contribution in [0.1, 0.15) is 26.5 Å². The number of anilines is 1. The average Bonchev–Trinajstić information content (AvgIpc) is 2.98. The van der Waals surface area contributed by atoms with Gasteiger partial charge < -0.3 is 11.1 Å². The Labute approximate surface area is 172 Å². The van der Waals surface area contributed by atoms with Gasteiger partial charge in [-0.15, -0.1) is 16.4 Å². The molecule has 0 unspecified atom stereocenters. The molecule has 1 fully saturated rings. The minimum atomic E-state index is -3.56. The van der Waals surface area contributed by atoms with Gasteiger partial charge in [0.2, 0.25) is 10.0 Å². The zero-order valence-corrected chi connectivity index (χ0v) is 17.9. The van der Waals surface area contributed by atoms with Gasteiger partial charge in [0.25, 0.3) is 5.91 Å². The fraction of sp³-hybridized carbons (Fsp3) is 0.316. The zero-order valence-electron chi connectivity index (χ0n) is 16.3. The number of aromatic nitrogens is 2. The predicted octanol–water partition coefficient (Wildman–Crippen LogP) is 2.00. The minimum Gasteiger partial charge on any atom is -0.397 e. The van der Waals surface area contributed by atoms with Crippen LogP contribution >= 0.6 is 11.3 Å². The van der Waals surface area contributed by atoms with E-state index in [1.165, 1.54) is 15.6 Å². The summed E-state index contributed by atoms with van der Waals surface area (Å²) in [5.74, 6) is -0.319. The topological polar surface area (TPSA) is 118 Å². The van der Waals surface area contributed by atoms with Gasteiger partial charge in [-0.1, -0.05) is 12.1 Å². The molecule has 0 atom stereocenters. The van der Waals surface area contributed by atoms with E-state index < -0.39 is 10.0 Å². The lowest BCUT2D eigenvalue weighted by molar-refractivity contribution is 0.0900. The van der Waals surface area contributed by atoms with Crippen LogP contribution in [0.2, 0.25) is 0 Å². The van der Waals surface area contributed by atoms with Crippen LogP contribution in [-0.4, -0.2) is 48.0 Å². The molecule has 0 radical (unpaired) electrons. The van der Waals surface area contributed by atoms with E-state index in [1.54, 1.807) is 18.2 Å². The zero-order chi connectivity index (χ0) is 20.9. The monoisotopic (exact) mass is 431 g/mol. The molecule has 1 aliphatic rings.